The van der Waals surface area contributed by atoms with Gasteiger partial charge in [-0.25, -0.2) is 0 Å². The molecule has 0 radical (unpaired) electrons. The van der Waals surface area contributed by atoms with E-state index in [2.05, 4.69) is 45.1 Å². The van der Waals surface area contributed by atoms with Crippen LogP contribution in [-0.2, 0) is 28.6 Å². The number of allylic oxidation sites excluding steroid dienone is 4. The van der Waals surface area contributed by atoms with E-state index in [1.807, 2.05) is 0 Å². The van der Waals surface area contributed by atoms with Crippen molar-refractivity contribution in [2.75, 3.05) is 13.2 Å². The predicted octanol–water partition coefficient (Wildman–Crippen LogP) is 20.3. The van der Waals surface area contributed by atoms with Crippen LogP contribution in [0.3, 0.4) is 0 Å². The number of ether oxygens (including phenoxy) is 3. The molecule has 0 aromatic carbocycles. The van der Waals surface area contributed by atoms with Crippen LogP contribution < -0.4 is 0 Å². The molecular weight excluding hydrogens is 841 g/mol. The minimum absolute atomic E-state index is 0.0699. The number of hydrogen-bond donors (Lipinski definition) is 0. The van der Waals surface area contributed by atoms with E-state index >= 15 is 0 Å². The van der Waals surface area contributed by atoms with Gasteiger partial charge in [-0.05, 0) is 70.6 Å². The third-order valence-electron chi connectivity index (χ3n) is 13.7. The molecule has 0 aliphatic heterocycles. The standard InChI is InChI=1S/C62H116O6/c1-4-7-10-13-16-19-22-24-25-26-27-28-29-30-31-32-33-34-35-36-37-38-41-43-46-49-52-55-61(64)67-58-59(57-66-60(63)54-51-48-45-42-39-21-18-15-12-9-6-3)68-62(65)56-53-50-47-44-40-23-20-17-14-11-8-5-2/h17,20,26-27,59H,4-16,18-19,21-25,28-58H2,1-3H3/b20-17-,27-26-. The molecular formula is C62H116O6. The summed E-state index contributed by atoms with van der Waals surface area (Å²) in [6.45, 7) is 6.64. The lowest BCUT2D eigenvalue weighted by molar-refractivity contribution is -0.167. The Bertz CT molecular complexity index is 1100. The van der Waals surface area contributed by atoms with Crippen LogP contribution in [0.4, 0.5) is 0 Å². The molecule has 0 aliphatic carbocycles. The molecule has 0 heterocycles. The fraction of sp³-hybridized carbons (Fsp3) is 0.887. The van der Waals surface area contributed by atoms with Crippen LogP contribution in [-0.4, -0.2) is 37.2 Å². The number of unbranched alkanes of at least 4 members (excludes halogenated alkanes) is 41. The first-order chi connectivity index (χ1) is 33.5. The zero-order valence-electron chi connectivity index (χ0n) is 45.9. The van der Waals surface area contributed by atoms with Gasteiger partial charge in [-0.15, -0.1) is 0 Å². The molecule has 0 spiro atoms. The second-order valence-electron chi connectivity index (χ2n) is 20.6. The Kier molecular flexibility index (Phi) is 55.7. The van der Waals surface area contributed by atoms with Crippen LogP contribution in [0.25, 0.3) is 0 Å². The van der Waals surface area contributed by atoms with E-state index in [0.717, 1.165) is 64.2 Å². The van der Waals surface area contributed by atoms with Crippen LogP contribution in [0, 0.1) is 0 Å². The summed E-state index contributed by atoms with van der Waals surface area (Å²) in [5, 5.41) is 0. The van der Waals surface area contributed by atoms with Gasteiger partial charge < -0.3 is 14.2 Å². The summed E-state index contributed by atoms with van der Waals surface area (Å²) in [6, 6.07) is 0. The summed E-state index contributed by atoms with van der Waals surface area (Å²) in [5.74, 6) is -0.861. The maximum atomic E-state index is 12.8. The van der Waals surface area contributed by atoms with Crippen molar-refractivity contribution < 1.29 is 28.6 Å². The molecule has 1 unspecified atom stereocenters. The van der Waals surface area contributed by atoms with Gasteiger partial charge in [-0.3, -0.25) is 14.4 Å². The second kappa shape index (κ2) is 57.5. The van der Waals surface area contributed by atoms with Crippen molar-refractivity contribution in [3.63, 3.8) is 0 Å². The molecule has 0 rings (SSSR count). The minimum Gasteiger partial charge on any atom is -0.462 e. The smallest absolute Gasteiger partial charge is 0.306 e. The molecule has 0 aromatic heterocycles. The molecule has 400 valence electrons. The largest absolute Gasteiger partial charge is 0.462 e. The molecule has 0 amide bonds. The molecule has 6 heteroatoms. The van der Waals surface area contributed by atoms with Gasteiger partial charge in [-0.2, -0.15) is 0 Å². The second-order valence-corrected chi connectivity index (χ2v) is 20.6. The van der Waals surface area contributed by atoms with E-state index in [0.29, 0.717) is 19.3 Å². The van der Waals surface area contributed by atoms with E-state index < -0.39 is 6.10 Å². The van der Waals surface area contributed by atoms with E-state index in [4.69, 9.17) is 14.2 Å². The first kappa shape index (κ1) is 65.9. The maximum absolute atomic E-state index is 12.8. The molecule has 0 aliphatic rings. The normalized spacial score (nSPS) is 12.1. The van der Waals surface area contributed by atoms with Crippen molar-refractivity contribution in [1.82, 2.24) is 0 Å². The Morgan fingerprint density at radius 1 is 0.279 bits per heavy atom. The summed E-state index contributed by atoms with van der Waals surface area (Å²) in [4.78, 5) is 38.1. The molecule has 1 atom stereocenters. The Hall–Kier alpha value is -2.11. The summed E-state index contributed by atoms with van der Waals surface area (Å²) >= 11 is 0. The number of carbonyl (C=O) groups excluding carboxylic acids is 3. The third kappa shape index (κ3) is 54.8. The van der Waals surface area contributed by atoms with E-state index in [-0.39, 0.29) is 31.1 Å². The molecule has 0 fully saturated rings. The summed E-state index contributed by atoms with van der Waals surface area (Å²) < 4.78 is 16.8. The zero-order valence-corrected chi connectivity index (χ0v) is 45.9. The molecule has 6 nitrogen and oxygen atoms in total. The Balaban J connectivity index is 4.11. The highest BCUT2D eigenvalue weighted by molar-refractivity contribution is 5.71. The average molecular weight is 958 g/mol. The summed E-state index contributed by atoms with van der Waals surface area (Å²) in [6.07, 6.45) is 67.7. The number of esters is 3. The van der Waals surface area contributed by atoms with Gasteiger partial charge >= 0.3 is 17.9 Å². The quantitative estimate of drug-likeness (QED) is 0.0262. The Morgan fingerprint density at radius 2 is 0.485 bits per heavy atom. The van der Waals surface area contributed by atoms with Crippen molar-refractivity contribution in [1.29, 1.82) is 0 Å². The fourth-order valence-corrected chi connectivity index (χ4v) is 9.08. The topological polar surface area (TPSA) is 78.9 Å². The highest BCUT2D eigenvalue weighted by Crippen LogP contribution is 2.17. The summed E-state index contributed by atoms with van der Waals surface area (Å²) in [5.41, 5.74) is 0. The van der Waals surface area contributed by atoms with Gasteiger partial charge in [0.15, 0.2) is 6.10 Å². The van der Waals surface area contributed by atoms with Gasteiger partial charge in [0, 0.05) is 19.3 Å². The maximum Gasteiger partial charge on any atom is 0.306 e. The van der Waals surface area contributed by atoms with Gasteiger partial charge in [0.25, 0.3) is 0 Å². The van der Waals surface area contributed by atoms with Gasteiger partial charge in [0.05, 0.1) is 0 Å². The van der Waals surface area contributed by atoms with Crippen LogP contribution in [0.5, 0.6) is 0 Å². The minimum atomic E-state index is -0.770. The molecule has 0 N–H and O–H groups in total. The van der Waals surface area contributed by atoms with Crippen molar-refractivity contribution in [3.05, 3.63) is 24.3 Å². The van der Waals surface area contributed by atoms with Gasteiger partial charge in [0.2, 0.25) is 0 Å². The highest BCUT2D eigenvalue weighted by Gasteiger charge is 2.19. The van der Waals surface area contributed by atoms with Crippen molar-refractivity contribution in [3.8, 4) is 0 Å². The molecule has 0 saturated carbocycles. The average Bonchev–Trinajstić information content (AvgIpc) is 3.34. The zero-order chi connectivity index (χ0) is 49.3. The van der Waals surface area contributed by atoms with Gasteiger partial charge in [0.1, 0.15) is 13.2 Å². The van der Waals surface area contributed by atoms with E-state index in [9.17, 15) is 14.4 Å². The number of rotatable bonds is 56. The highest BCUT2D eigenvalue weighted by atomic mass is 16.6. The van der Waals surface area contributed by atoms with Crippen LogP contribution >= 0.6 is 0 Å². The van der Waals surface area contributed by atoms with Crippen LogP contribution in [0.2, 0.25) is 0 Å². The van der Waals surface area contributed by atoms with E-state index in [1.165, 1.54) is 231 Å². The lowest BCUT2D eigenvalue weighted by Crippen LogP contribution is -2.30. The first-order valence-corrected chi connectivity index (χ1v) is 30.3. The SMILES string of the molecule is CCCCC/C=C\CCCCCCCC(=O)OC(COC(=O)CCCCCCCCCCCCC)COC(=O)CCCCCCCCCCCCCCCCC/C=C\CCCCCCCCCC. The van der Waals surface area contributed by atoms with Crippen molar-refractivity contribution in [2.24, 2.45) is 0 Å². The lowest BCUT2D eigenvalue weighted by atomic mass is 10.0. The van der Waals surface area contributed by atoms with Crippen LogP contribution in [0.1, 0.15) is 335 Å². The fourth-order valence-electron chi connectivity index (χ4n) is 9.08. The first-order valence-electron chi connectivity index (χ1n) is 30.3. The van der Waals surface area contributed by atoms with Crippen molar-refractivity contribution >= 4 is 17.9 Å². The molecule has 0 saturated heterocycles. The van der Waals surface area contributed by atoms with E-state index in [1.54, 1.807) is 0 Å². The number of hydrogen-bond acceptors (Lipinski definition) is 6. The molecule has 0 bridgehead atoms. The lowest BCUT2D eigenvalue weighted by Gasteiger charge is -2.18. The third-order valence-corrected chi connectivity index (χ3v) is 13.7. The molecule has 0 aromatic rings. The Morgan fingerprint density at radius 3 is 0.765 bits per heavy atom. The Labute approximate surface area is 423 Å². The van der Waals surface area contributed by atoms with Crippen LogP contribution in [0.15, 0.2) is 24.3 Å². The monoisotopic (exact) mass is 957 g/mol. The summed E-state index contributed by atoms with van der Waals surface area (Å²) in [7, 11) is 0. The van der Waals surface area contributed by atoms with Crippen molar-refractivity contribution in [2.45, 2.75) is 341 Å². The predicted molar refractivity (Wildman–Crippen MR) is 293 cm³/mol. The number of carbonyl (C=O) groups is 3. The van der Waals surface area contributed by atoms with Gasteiger partial charge in [-0.1, -0.05) is 270 Å². The molecule has 68 heavy (non-hydrogen) atoms.